The SMILES string of the molecule is CC1(C)OC[C@H]([C@H]2OC=C[C@H]2OCc2ccccc2)O1. The number of benzene rings is 1. The molecule has 0 saturated carbocycles. The average Bonchev–Trinajstić information content (AvgIpc) is 3.03. The summed E-state index contributed by atoms with van der Waals surface area (Å²) in [6.45, 7) is 4.92. The predicted octanol–water partition coefficient (Wildman–Crippen LogP) is 2.64. The Morgan fingerprint density at radius 1 is 1.25 bits per heavy atom. The van der Waals surface area contributed by atoms with E-state index in [0.29, 0.717) is 13.2 Å². The van der Waals surface area contributed by atoms with Crippen LogP contribution in [0.4, 0.5) is 0 Å². The molecule has 1 aromatic rings. The van der Waals surface area contributed by atoms with Crippen molar-refractivity contribution in [1.82, 2.24) is 0 Å². The summed E-state index contributed by atoms with van der Waals surface area (Å²) in [6.07, 6.45) is 3.29. The zero-order chi connectivity index (χ0) is 14.0. The van der Waals surface area contributed by atoms with Crippen LogP contribution in [0, 0.1) is 0 Å². The van der Waals surface area contributed by atoms with Gasteiger partial charge in [0, 0.05) is 0 Å². The highest BCUT2D eigenvalue weighted by Crippen LogP contribution is 2.30. The van der Waals surface area contributed by atoms with E-state index in [-0.39, 0.29) is 18.3 Å². The van der Waals surface area contributed by atoms with Gasteiger partial charge < -0.3 is 18.9 Å². The topological polar surface area (TPSA) is 36.9 Å². The van der Waals surface area contributed by atoms with E-state index < -0.39 is 5.79 Å². The van der Waals surface area contributed by atoms with Gasteiger partial charge in [-0.15, -0.1) is 0 Å². The maximum atomic E-state index is 5.93. The lowest BCUT2D eigenvalue weighted by Gasteiger charge is -2.25. The fourth-order valence-electron chi connectivity index (χ4n) is 2.49. The molecule has 0 bridgehead atoms. The predicted molar refractivity (Wildman–Crippen MR) is 73.9 cm³/mol. The van der Waals surface area contributed by atoms with Gasteiger partial charge in [0.25, 0.3) is 0 Å². The number of ether oxygens (including phenoxy) is 4. The Morgan fingerprint density at radius 3 is 2.75 bits per heavy atom. The summed E-state index contributed by atoms with van der Waals surface area (Å²) in [5.74, 6) is -0.541. The summed E-state index contributed by atoms with van der Waals surface area (Å²) in [7, 11) is 0. The van der Waals surface area contributed by atoms with Crippen LogP contribution in [0.1, 0.15) is 19.4 Å². The van der Waals surface area contributed by atoms with E-state index in [1.165, 1.54) is 0 Å². The molecule has 0 N–H and O–H groups in total. The van der Waals surface area contributed by atoms with Crippen LogP contribution in [0.3, 0.4) is 0 Å². The third kappa shape index (κ3) is 3.03. The molecule has 3 rings (SSSR count). The Bertz CT molecular complexity index is 469. The van der Waals surface area contributed by atoms with Crippen molar-refractivity contribution in [3.05, 3.63) is 48.2 Å². The van der Waals surface area contributed by atoms with E-state index in [1.807, 2.05) is 50.3 Å². The largest absolute Gasteiger partial charge is 0.492 e. The van der Waals surface area contributed by atoms with Gasteiger partial charge in [0.2, 0.25) is 0 Å². The quantitative estimate of drug-likeness (QED) is 0.847. The van der Waals surface area contributed by atoms with Gasteiger partial charge in [0.05, 0.1) is 19.5 Å². The first-order chi connectivity index (χ1) is 9.64. The Labute approximate surface area is 119 Å². The van der Waals surface area contributed by atoms with Crippen LogP contribution in [0.15, 0.2) is 42.7 Å². The third-order valence-electron chi connectivity index (χ3n) is 3.51. The van der Waals surface area contributed by atoms with Gasteiger partial charge in [-0.1, -0.05) is 30.3 Å². The van der Waals surface area contributed by atoms with Crippen molar-refractivity contribution in [2.24, 2.45) is 0 Å². The molecular formula is C16H20O4. The van der Waals surface area contributed by atoms with Crippen molar-refractivity contribution in [2.45, 2.75) is 44.6 Å². The molecule has 3 atom stereocenters. The summed E-state index contributed by atoms with van der Waals surface area (Å²) in [5.41, 5.74) is 1.15. The second-order valence-corrected chi connectivity index (χ2v) is 5.56. The van der Waals surface area contributed by atoms with Gasteiger partial charge in [0.15, 0.2) is 11.9 Å². The summed E-state index contributed by atoms with van der Waals surface area (Å²) in [4.78, 5) is 0. The first-order valence-electron chi connectivity index (χ1n) is 6.93. The van der Waals surface area contributed by atoms with Crippen LogP contribution in [-0.4, -0.2) is 30.7 Å². The number of rotatable bonds is 4. The molecule has 108 valence electrons. The number of hydrogen-bond donors (Lipinski definition) is 0. The minimum absolute atomic E-state index is 0.0965. The van der Waals surface area contributed by atoms with Crippen molar-refractivity contribution >= 4 is 0 Å². The Kier molecular flexibility index (Phi) is 3.78. The van der Waals surface area contributed by atoms with Gasteiger partial charge in [-0.25, -0.2) is 0 Å². The lowest BCUT2D eigenvalue weighted by Crippen LogP contribution is -2.39. The summed E-state index contributed by atoms with van der Waals surface area (Å²) in [5, 5.41) is 0. The molecule has 0 radical (unpaired) electrons. The van der Waals surface area contributed by atoms with E-state index in [4.69, 9.17) is 18.9 Å². The molecular weight excluding hydrogens is 256 g/mol. The fourth-order valence-corrected chi connectivity index (χ4v) is 2.49. The fraction of sp³-hybridized carbons (Fsp3) is 0.500. The minimum atomic E-state index is -0.541. The van der Waals surface area contributed by atoms with Crippen molar-refractivity contribution in [3.8, 4) is 0 Å². The van der Waals surface area contributed by atoms with Crippen LogP contribution in [0.2, 0.25) is 0 Å². The molecule has 0 unspecified atom stereocenters. The van der Waals surface area contributed by atoms with E-state index in [2.05, 4.69) is 0 Å². The van der Waals surface area contributed by atoms with E-state index in [0.717, 1.165) is 5.56 Å². The zero-order valence-electron chi connectivity index (χ0n) is 11.8. The van der Waals surface area contributed by atoms with Crippen LogP contribution in [0.25, 0.3) is 0 Å². The average molecular weight is 276 g/mol. The second-order valence-electron chi connectivity index (χ2n) is 5.56. The molecule has 0 spiro atoms. The monoisotopic (exact) mass is 276 g/mol. The molecule has 0 amide bonds. The standard InChI is InChI=1S/C16H20O4/c1-16(2)19-11-14(20-16)15-13(8-9-17-15)18-10-12-6-4-3-5-7-12/h3-9,13-15H,10-11H2,1-2H3/t13-,14-,15+/m1/s1. The van der Waals surface area contributed by atoms with E-state index >= 15 is 0 Å². The normalized spacial score (nSPS) is 31.4. The first kappa shape index (κ1) is 13.6. The molecule has 2 heterocycles. The molecule has 4 heteroatoms. The highest BCUT2D eigenvalue weighted by atomic mass is 16.8. The van der Waals surface area contributed by atoms with Crippen molar-refractivity contribution < 1.29 is 18.9 Å². The number of hydrogen-bond acceptors (Lipinski definition) is 4. The van der Waals surface area contributed by atoms with Crippen molar-refractivity contribution in [1.29, 1.82) is 0 Å². The van der Waals surface area contributed by atoms with Crippen LogP contribution in [-0.2, 0) is 25.6 Å². The van der Waals surface area contributed by atoms with Gasteiger partial charge in [-0.3, -0.25) is 0 Å². The molecule has 0 aliphatic carbocycles. The Hall–Kier alpha value is -1.36. The minimum Gasteiger partial charge on any atom is -0.492 e. The molecule has 1 aromatic carbocycles. The van der Waals surface area contributed by atoms with Gasteiger partial charge in [0.1, 0.15) is 12.2 Å². The van der Waals surface area contributed by atoms with Crippen LogP contribution < -0.4 is 0 Å². The summed E-state index contributed by atoms with van der Waals surface area (Å²) < 4.78 is 23.0. The molecule has 0 aromatic heterocycles. The maximum absolute atomic E-state index is 5.93. The Morgan fingerprint density at radius 2 is 2.05 bits per heavy atom. The highest BCUT2D eigenvalue weighted by molar-refractivity contribution is 5.14. The lowest BCUT2D eigenvalue weighted by molar-refractivity contribution is -0.159. The smallest absolute Gasteiger partial charge is 0.163 e. The lowest BCUT2D eigenvalue weighted by atomic mass is 10.1. The van der Waals surface area contributed by atoms with Crippen LogP contribution >= 0.6 is 0 Å². The summed E-state index contributed by atoms with van der Waals surface area (Å²) in [6, 6.07) is 10.1. The molecule has 1 fully saturated rings. The van der Waals surface area contributed by atoms with Crippen molar-refractivity contribution in [3.63, 3.8) is 0 Å². The molecule has 1 saturated heterocycles. The third-order valence-corrected chi connectivity index (χ3v) is 3.51. The van der Waals surface area contributed by atoms with E-state index in [1.54, 1.807) is 6.26 Å². The first-order valence-corrected chi connectivity index (χ1v) is 6.93. The van der Waals surface area contributed by atoms with Gasteiger partial charge in [-0.2, -0.15) is 0 Å². The molecule has 2 aliphatic heterocycles. The molecule has 4 nitrogen and oxygen atoms in total. The van der Waals surface area contributed by atoms with Crippen LogP contribution in [0.5, 0.6) is 0 Å². The Balaban J connectivity index is 1.57. The van der Waals surface area contributed by atoms with E-state index in [9.17, 15) is 0 Å². The highest BCUT2D eigenvalue weighted by Gasteiger charge is 2.42. The zero-order valence-corrected chi connectivity index (χ0v) is 11.8. The molecule has 20 heavy (non-hydrogen) atoms. The van der Waals surface area contributed by atoms with Gasteiger partial charge in [-0.05, 0) is 25.5 Å². The maximum Gasteiger partial charge on any atom is 0.163 e. The van der Waals surface area contributed by atoms with Gasteiger partial charge >= 0.3 is 0 Å². The molecule has 2 aliphatic rings. The van der Waals surface area contributed by atoms with Crippen molar-refractivity contribution in [2.75, 3.05) is 6.61 Å². The second kappa shape index (κ2) is 5.56. The summed E-state index contributed by atoms with van der Waals surface area (Å²) >= 11 is 0.